The zero-order chi connectivity index (χ0) is 26.4. The second-order valence-electron chi connectivity index (χ2n) is 10.7. The molecule has 4 rings (SSSR count). The molecule has 0 spiro atoms. The van der Waals surface area contributed by atoms with Gasteiger partial charge in [0.05, 0.1) is 30.1 Å². The van der Waals surface area contributed by atoms with E-state index in [1.54, 1.807) is 18.3 Å². The van der Waals surface area contributed by atoms with Gasteiger partial charge in [-0.1, -0.05) is 19.6 Å². The largest absolute Gasteiger partial charge is 0.467 e. The number of rotatable bonds is 11. The fraction of sp³-hybridized carbons (Fsp3) is 0.538. The smallest absolute Gasteiger partial charge is 0.298 e. The summed E-state index contributed by atoms with van der Waals surface area (Å²) in [5.74, 6) is 0.520. The molecule has 2 N–H and O–H groups in total. The van der Waals surface area contributed by atoms with Crippen LogP contribution < -0.4 is 10.1 Å². The second kappa shape index (κ2) is 12.0. The van der Waals surface area contributed by atoms with Crippen LogP contribution in [0.25, 0.3) is 22.6 Å². The van der Waals surface area contributed by atoms with E-state index >= 15 is 0 Å². The summed E-state index contributed by atoms with van der Waals surface area (Å²) in [5.41, 5.74) is 3.41. The number of hydrogen-bond donors (Lipinski definition) is 2. The van der Waals surface area contributed by atoms with Crippen molar-refractivity contribution >= 4 is 25.4 Å². The number of aryl methyl sites for hydroxylation is 1. The molecule has 0 bridgehead atoms. The molecule has 0 amide bonds. The van der Waals surface area contributed by atoms with E-state index in [2.05, 4.69) is 45.9 Å². The maximum Gasteiger partial charge on any atom is 0.298 e. The SMILES string of the molecule is Cc1cc(C#N)cc(OCOCC[Si](C)(C)C)c1-c1cnc2oc(N[C@@H]3CCCN(CCO)C3)nc2n1. The van der Waals surface area contributed by atoms with Gasteiger partial charge in [0.2, 0.25) is 5.65 Å². The lowest BCUT2D eigenvalue weighted by Crippen LogP contribution is -2.43. The molecule has 2 aromatic heterocycles. The van der Waals surface area contributed by atoms with Crippen molar-refractivity contribution < 1.29 is 19.0 Å². The van der Waals surface area contributed by atoms with Crippen LogP contribution >= 0.6 is 0 Å². The average Bonchev–Trinajstić information content (AvgIpc) is 3.24. The van der Waals surface area contributed by atoms with E-state index < -0.39 is 8.07 Å². The average molecular weight is 525 g/mol. The predicted molar refractivity (Wildman–Crippen MR) is 144 cm³/mol. The van der Waals surface area contributed by atoms with Gasteiger partial charge in [-0.15, -0.1) is 0 Å². The maximum atomic E-state index is 9.47. The van der Waals surface area contributed by atoms with Gasteiger partial charge >= 0.3 is 0 Å². The number of aliphatic hydroxyl groups excluding tert-OH is 1. The highest BCUT2D eigenvalue weighted by Crippen LogP contribution is 2.34. The standard InChI is InChI=1S/C26H36N6O4Si/c1-18-12-19(14-27)13-22(35-17-34-10-11-37(2,3)4)23(18)21-15-28-25-24(30-21)31-26(36-25)29-20-6-5-7-32(16-20)8-9-33/h12-13,15,20,33H,5-11,16-17H2,1-4H3,(H,29,30,31)/t20-/m1/s1. The Bertz CT molecular complexity index is 1250. The maximum absolute atomic E-state index is 9.47. The molecule has 198 valence electrons. The Morgan fingerprint density at radius 2 is 2.14 bits per heavy atom. The Hall–Kier alpha value is -3.04. The molecule has 0 unspecified atom stereocenters. The number of aliphatic hydroxyl groups is 1. The molecule has 0 radical (unpaired) electrons. The molecular formula is C26H36N6O4Si. The van der Waals surface area contributed by atoms with Gasteiger partial charge in [0.25, 0.3) is 11.7 Å². The Morgan fingerprint density at radius 3 is 2.89 bits per heavy atom. The van der Waals surface area contributed by atoms with Gasteiger partial charge in [-0.3, -0.25) is 4.90 Å². The number of hydrogen-bond acceptors (Lipinski definition) is 10. The van der Waals surface area contributed by atoms with Crippen molar-refractivity contribution in [3.63, 3.8) is 0 Å². The van der Waals surface area contributed by atoms with E-state index in [4.69, 9.17) is 18.9 Å². The lowest BCUT2D eigenvalue weighted by atomic mass is 10.0. The van der Waals surface area contributed by atoms with Gasteiger partial charge in [-0.2, -0.15) is 10.2 Å². The summed E-state index contributed by atoms with van der Waals surface area (Å²) in [6.07, 6.45) is 3.67. The Balaban J connectivity index is 1.52. The first-order valence-electron chi connectivity index (χ1n) is 12.7. The minimum absolute atomic E-state index is 0.0915. The van der Waals surface area contributed by atoms with Gasteiger partial charge in [0, 0.05) is 39.4 Å². The summed E-state index contributed by atoms with van der Waals surface area (Å²) in [7, 11) is -1.20. The fourth-order valence-corrected chi connectivity index (χ4v) is 5.16. The first-order chi connectivity index (χ1) is 17.8. The third kappa shape index (κ3) is 7.26. The predicted octanol–water partition coefficient (Wildman–Crippen LogP) is 4.02. The molecule has 1 saturated heterocycles. The topological polar surface area (TPSA) is 130 Å². The molecule has 11 heteroatoms. The Labute approximate surface area is 218 Å². The molecule has 1 aliphatic rings. The van der Waals surface area contributed by atoms with E-state index in [1.165, 1.54) is 0 Å². The monoisotopic (exact) mass is 524 g/mol. The summed E-state index contributed by atoms with van der Waals surface area (Å²) < 4.78 is 17.5. The molecular weight excluding hydrogens is 488 g/mol. The molecule has 3 aromatic rings. The van der Waals surface area contributed by atoms with Crippen LogP contribution in [0.2, 0.25) is 25.7 Å². The van der Waals surface area contributed by atoms with Crippen molar-refractivity contribution in [3.05, 3.63) is 29.5 Å². The highest BCUT2D eigenvalue weighted by molar-refractivity contribution is 6.76. The number of aromatic nitrogens is 3. The van der Waals surface area contributed by atoms with E-state index in [1.807, 2.05) is 6.92 Å². The number of β-amino-alcohol motifs (C(OH)–C–C–N with tert-alkyl or cyclic N) is 1. The van der Waals surface area contributed by atoms with Crippen LogP contribution in [0.5, 0.6) is 5.75 Å². The number of ether oxygens (including phenoxy) is 2. The summed E-state index contributed by atoms with van der Waals surface area (Å²) in [6.45, 7) is 12.2. The third-order valence-electron chi connectivity index (χ3n) is 6.35. The second-order valence-corrected chi connectivity index (χ2v) is 16.3. The number of likely N-dealkylation sites (tertiary alicyclic amines) is 1. The van der Waals surface area contributed by atoms with Crippen LogP contribution in [0.4, 0.5) is 6.01 Å². The molecule has 3 heterocycles. The van der Waals surface area contributed by atoms with E-state index in [0.29, 0.717) is 47.5 Å². The number of anilines is 1. The van der Waals surface area contributed by atoms with Crippen molar-refractivity contribution in [1.29, 1.82) is 5.26 Å². The van der Waals surface area contributed by atoms with Gasteiger partial charge in [-0.25, -0.2) is 9.97 Å². The van der Waals surface area contributed by atoms with Gasteiger partial charge in [0.1, 0.15) is 5.75 Å². The molecule has 1 aliphatic heterocycles. The number of oxazole rings is 1. The Morgan fingerprint density at radius 1 is 1.30 bits per heavy atom. The zero-order valence-electron chi connectivity index (χ0n) is 22.1. The van der Waals surface area contributed by atoms with Crippen LogP contribution in [0.15, 0.2) is 22.7 Å². The number of nitrogens with zero attached hydrogens (tertiary/aromatic N) is 5. The molecule has 0 aliphatic carbocycles. The molecule has 37 heavy (non-hydrogen) atoms. The summed E-state index contributed by atoms with van der Waals surface area (Å²) >= 11 is 0. The number of benzene rings is 1. The van der Waals surface area contributed by atoms with Crippen LogP contribution in [0.3, 0.4) is 0 Å². The van der Waals surface area contributed by atoms with Crippen molar-refractivity contribution in [2.45, 2.75) is 51.5 Å². The third-order valence-corrected chi connectivity index (χ3v) is 8.05. The quantitative estimate of drug-likeness (QED) is 0.215. The van der Waals surface area contributed by atoms with Gasteiger partial charge in [-0.05, 0) is 50.1 Å². The van der Waals surface area contributed by atoms with E-state index in [-0.39, 0.29) is 19.4 Å². The minimum atomic E-state index is -1.20. The number of fused-ring (bicyclic) bond motifs is 1. The fourth-order valence-electron chi connectivity index (χ4n) is 4.40. The van der Waals surface area contributed by atoms with Crippen LogP contribution in [0.1, 0.15) is 24.0 Å². The van der Waals surface area contributed by atoms with Crippen LogP contribution in [-0.4, -0.2) is 78.7 Å². The van der Waals surface area contributed by atoms with E-state index in [9.17, 15) is 10.4 Å². The first kappa shape index (κ1) is 27.0. The van der Waals surface area contributed by atoms with Crippen molar-refractivity contribution in [2.75, 3.05) is 45.0 Å². The summed E-state index contributed by atoms with van der Waals surface area (Å²) in [4.78, 5) is 15.9. The lowest BCUT2D eigenvalue weighted by molar-refractivity contribution is 0.0223. The molecule has 1 fully saturated rings. The zero-order valence-corrected chi connectivity index (χ0v) is 23.1. The highest BCUT2D eigenvalue weighted by atomic mass is 28.3. The Kier molecular flexibility index (Phi) is 8.76. The van der Waals surface area contributed by atoms with Crippen molar-refractivity contribution in [1.82, 2.24) is 19.9 Å². The number of nitrogens with one attached hydrogen (secondary N) is 1. The van der Waals surface area contributed by atoms with Crippen molar-refractivity contribution in [3.8, 4) is 23.1 Å². The minimum Gasteiger partial charge on any atom is -0.467 e. The number of piperidine rings is 1. The van der Waals surface area contributed by atoms with Crippen LogP contribution in [-0.2, 0) is 4.74 Å². The first-order valence-corrected chi connectivity index (χ1v) is 16.5. The van der Waals surface area contributed by atoms with Crippen LogP contribution in [0, 0.1) is 18.3 Å². The highest BCUT2D eigenvalue weighted by Gasteiger charge is 2.22. The van der Waals surface area contributed by atoms with E-state index in [0.717, 1.165) is 43.1 Å². The summed E-state index contributed by atoms with van der Waals surface area (Å²) in [5, 5.41) is 22.1. The molecule has 1 aromatic carbocycles. The van der Waals surface area contributed by atoms with Gasteiger partial charge in [0.15, 0.2) is 6.79 Å². The number of nitriles is 1. The lowest BCUT2D eigenvalue weighted by Gasteiger charge is -2.32. The molecule has 0 saturated carbocycles. The molecule has 1 atom stereocenters. The molecule has 10 nitrogen and oxygen atoms in total. The normalized spacial score (nSPS) is 16.6. The van der Waals surface area contributed by atoms with Crippen molar-refractivity contribution in [2.24, 2.45) is 0 Å². The summed E-state index contributed by atoms with van der Waals surface area (Å²) in [6, 6.07) is 7.29. The van der Waals surface area contributed by atoms with Gasteiger partial charge < -0.3 is 24.3 Å².